The Morgan fingerprint density at radius 3 is 2.26 bits per heavy atom. The summed E-state index contributed by atoms with van der Waals surface area (Å²) in [6, 6.07) is 0. The summed E-state index contributed by atoms with van der Waals surface area (Å²) in [5.41, 5.74) is 0. The number of alkyl halides is 3. The molecule has 0 radical (unpaired) electrons. The van der Waals surface area contributed by atoms with Crippen LogP contribution in [0.5, 0.6) is 0 Å². The van der Waals surface area contributed by atoms with Crippen molar-refractivity contribution in [1.82, 2.24) is 15.1 Å². The lowest BCUT2D eigenvalue weighted by Gasteiger charge is -2.23. The van der Waals surface area contributed by atoms with Crippen LogP contribution < -0.4 is 5.32 Å². The van der Waals surface area contributed by atoms with Crippen LogP contribution in [0.25, 0.3) is 0 Å². The minimum Gasteiger partial charge on any atom is -0.355 e. The predicted molar refractivity (Wildman–Crippen MR) is 97.3 cm³/mol. The van der Waals surface area contributed by atoms with Crippen molar-refractivity contribution in [3.05, 3.63) is 0 Å². The molecule has 1 N–H and O–H groups in total. The maximum atomic E-state index is 12.3. The molecule has 1 heterocycles. The molecule has 23 heavy (non-hydrogen) atoms. The molecule has 2 atom stereocenters. The summed E-state index contributed by atoms with van der Waals surface area (Å²) >= 11 is 0. The van der Waals surface area contributed by atoms with Crippen LogP contribution >= 0.6 is 24.0 Å². The Morgan fingerprint density at radius 2 is 1.78 bits per heavy atom. The second kappa shape index (κ2) is 9.29. The maximum absolute atomic E-state index is 12.3. The zero-order chi connectivity index (χ0) is 16.2. The summed E-state index contributed by atoms with van der Waals surface area (Å²) in [7, 11) is 3.23. The Bertz CT molecular complexity index is 375. The molecule has 136 valence electrons. The van der Waals surface area contributed by atoms with Crippen LogP contribution in [0.2, 0.25) is 0 Å². The van der Waals surface area contributed by atoms with Gasteiger partial charge in [0, 0.05) is 33.2 Å². The van der Waals surface area contributed by atoms with Crippen molar-refractivity contribution in [3.8, 4) is 0 Å². The van der Waals surface area contributed by atoms with Gasteiger partial charge in [-0.15, -0.1) is 24.0 Å². The van der Waals surface area contributed by atoms with Gasteiger partial charge in [0.2, 0.25) is 0 Å². The third-order valence-corrected chi connectivity index (χ3v) is 4.71. The molecule has 0 aromatic carbocycles. The molecule has 2 unspecified atom stereocenters. The third kappa shape index (κ3) is 6.64. The molecular weight excluding hydrogens is 420 g/mol. The van der Waals surface area contributed by atoms with E-state index in [1.807, 2.05) is 0 Å². The molecule has 0 spiro atoms. The van der Waals surface area contributed by atoms with Crippen LogP contribution in [0.1, 0.15) is 25.7 Å². The highest BCUT2D eigenvalue weighted by Gasteiger charge is 2.35. The van der Waals surface area contributed by atoms with E-state index in [2.05, 4.69) is 15.2 Å². The van der Waals surface area contributed by atoms with Gasteiger partial charge in [-0.2, -0.15) is 13.2 Å². The SMILES string of the molecule is CN=C(NCCN(C)CC(F)(F)F)N1CC2CCCCC2C1.I. The van der Waals surface area contributed by atoms with Crippen molar-refractivity contribution < 1.29 is 13.2 Å². The number of guanidine groups is 1. The van der Waals surface area contributed by atoms with Crippen molar-refractivity contribution in [3.63, 3.8) is 0 Å². The molecule has 4 nitrogen and oxygen atoms in total. The Labute approximate surface area is 153 Å². The summed E-state index contributed by atoms with van der Waals surface area (Å²) in [6.07, 6.45) is 1.10. The van der Waals surface area contributed by atoms with E-state index in [1.54, 1.807) is 7.05 Å². The largest absolute Gasteiger partial charge is 0.401 e. The normalized spacial score (nSPS) is 25.3. The fourth-order valence-electron chi connectivity index (χ4n) is 3.65. The molecule has 1 aliphatic carbocycles. The highest BCUT2D eigenvalue weighted by Crippen LogP contribution is 2.35. The van der Waals surface area contributed by atoms with E-state index in [0.29, 0.717) is 13.1 Å². The fourth-order valence-corrected chi connectivity index (χ4v) is 3.65. The maximum Gasteiger partial charge on any atom is 0.401 e. The van der Waals surface area contributed by atoms with Gasteiger partial charge in [0.05, 0.1) is 6.54 Å². The van der Waals surface area contributed by atoms with E-state index >= 15 is 0 Å². The molecule has 0 bridgehead atoms. The van der Waals surface area contributed by atoms with Gasteiger partial charge in [0.25, 0.3) is 0 Å². The number of rotatable bonds is 4. The Balaban J connectivity index is 0.00000264. The number of hydrogen-bond donors (Lipinski definition) is 1. The lowest BCUT2D eigenvalue weighted by atomic mass is 9.82. The molecule has 0 aromatic heterocycles. The molecular formula is C15H28F3IN4. The van der Waals surface area contributed by atoms with E-state index in [1.165, 1.54) is 37.6 Å². The summed E-state index contributed by atoms with van der Waals surface area (Å²) in [5.74, 6) is 2.36. The number of nitrogens with one attached hydrogen (secondary N) is 1. The van der Waals surface area contributed by atoms with Gasteiger partial charge < -0.3 is 10.2 Å². The first-order valence-corrected chi connectivity index (χ1v) is 8.10. The van der Waals surface area contributed by atoms with Crippen LogP contribution in [0.15, 0.2) is 4.99 Å². The number of likely N-dealkylation sites (N-methyl/N-ethyl adjacent to an activating group) is 1. The van der Waals surface area contributed by atoms with Gasteiger partial charge in [0.15, 0.2) is 5.96 Å². The van der Waals surface area contributed by atoms with Crippen molar-refractivity contribution >= 4 is 29.9 Å². The van der Waals surface area contributed by atoms with E-state index in [0.717, 1.165) is 30.9 Å². The first-order chi connectivity index (χ1) is 10.4. The van der Waals surface area contributed by atoms with E-state index in [4.69, 9.17) is 0 Å². The minimum absolute atomic E-state index is 0. The van der Waals surface area contributed by atoms with E-state index in [-0.39, 0.29) is 24.0 Å². The molecule has 8 heteroatoms. The molecule has 2 aliphatic rings. The van der Waals surface area contributed by atoms with Crippen LogP contribution in [0, 0.1) is 11.8 Å². The van der Waals surface area contributed by atoms with Crippen LogP contribution in [0.3, 0.4) is 0 Å². The number of likely N-dealkylation sites (tertiary alicyclic amines) is 1. The van der Waals surface area contributed by atoms with Crippen molar-refractivity contribution in [1.29, 1.82) is 0 Å². The number of hydrogen-bond acceptors (Lipinski definition) is 2. The second-order valence-electron chi connectivity index (χ2n) is 6.54. The lowest BCUT2D eigenvalue weighted by Crippen LogP contribution is -2.44. The van der Waals surface area contributed by atoms with Crippen molar-refractivity contribution in [2.24, 2.45) is 16.8 Å². The molecule has 1 saturated carbocycles. The van der Waals surface area contributed by atoms with Crippen LogP contribution in [0.4, 0.5) is 13.2 Å². The third-order valence-electron chi connectivity index (χ3n) is 4.71. The number of aliphatic imine (C=N–C) groups is 1. The number of fused-ring (bicyclic) bond motifs is 1. The van der Waals surface area contributed by atoms with Gasteiger partial charge in [-0.25, -0.2) is 0 Å². The summed E-state index contributed by atoms with van der Waals surface area (Å²) in [5, 5.41) is 3.20. The number of nitrogens with zero attached hydrogens (tertiary/aromatic N) is 3. The van der Waals surface area contributed by atoms with E-state index < -0.39 is 12.7 Å². The topological polar surface area (TPSA) is 30.9 Å². The van der Waals surface area contributed by atoms with Gasteiger partial charge >= 0.3 is 6.18 Å². The first-order valence-electron chi connectivity index (χ1n) is 8.10. The van der Waals surface area contributed by atoms with Crippen LogP contribution in [-0.2, 0) is 0 Å². The molecule has 1 saturated heterocycles. The van der Waals surface area contributed by atoms with Gasteiger partial charge in [-0.1, -0.05) is 12.8 Å². The van der Waals surface area contributed by atoms with Gasteiger partial charge in [-0.3, -0.25) is 9.89 Å². The Morgan fingerprint density at radius 1 is 1.22 bits per heavy atom. The number of halogens is 4. The summed E-state index contributed by atoms with van der Waals surface area (Å²) in [4.78, 5) is 7.84. The smallest absolute Gasteiger partial charge is 0.355 e. The highest BCUT2D eigenvalue weighted by molar-refractivity contribution is 14.0. The molecule has 1 aliphatic heterocycles. The summed E-state index contributed by atoms with van der Waals surface area (Å²) < 4.78 is 36.8. The average Bonchev–Trinajstić information content (AvgIpc) is 2.85. The van der Waals surface area contributed by atoms with E-state index in [9.17, 15) is 13.2 Å². The molecule has 0 aromatic rings. The standard InChI is InChI=1S/C15H27F3N4.HI/c1-19-14(20-7-8-21(2)11-15(16,17)18)22-9-12-5-3-4-6-13(12)10-22;/h12-13H,3-11H2,1-2H3,(H,19,20);1H. The van der Waals surface area contributed by atoms with Crippen molar-refractivity contribution in [2.45, 2.75) is 31.9 Å². The van der Waals surface area contributed by atoms with Crippen LogP contribution in [-0.4, -0.2) is 68.8 Å². The van der Waals surface area contributed by atoms with Crippen molar-refractivity contribution in [2.75, 3.05) is 46.8 Å². The fraction of sp³-hybridized carbons (Fsp3) is 0.933. The molecule has 0 amide bonds. The highest BCUT2D eigenvalue weighted by atomic mass is 127. The van der Waals surface area contributed by atoms with Gasteiger partial charge in [0.1, 0.15) is 0 Å². The zero-order valence-corrected chi connectivity index (χ0v) is 16.2. The summed E-state index contributed by atoms with van der Waals surface area (Å²) in [6.45, 7) is 2.01. The molecule has 2 fully saturated rings. The Kier molecular flexibility index (Phi) is 8.40. The average molecular weight is 448 g/mol. The molecule has 2 rings (SSSR count). The predicted octanol–water partition coefficient (Wildman–Crippen LogP) is 2.80. The van der Waals surface area contributed by atoms with Gasteiger partial charge in [-0.05, 0) is 31.7 Å². The Hall–Kier alpha value is -0.250. The zero-order valence-electron chi connectivity index (χ0n) is 13.9. The monoisotopic (exact) mass is 448 g/mol. The quantitative estimate of drug-likeness (QED) is 0.408. The second-order valence-corrected chi connectivity index (χ2v) is 6.54. The first kappa shape index (κ1) is 20.8. The lowest BCUT2D eigenvalue weighted by molar-refractivity contribution is -0.142. The minimum atomic E-state index is -4.14.